The number of alkyl halides is 6. The lowest BCUT2D eigenvalue weighted by Crippen LogP contribution is -2.17. The van der Waals surface area contributed by atoms with Crippen LogP contribution in [-0.2, 0) is 12.4 Å². The zero-order valence-electron chi connectivity index (χ0n) is 23.3. The van der Waals surface area contributed by atoms with E-state index in [0.29, 0.717) is 35.5 Å². The molecule has 0 unspecified atom stereocenters. The van der Waals surface area contributed by atoms with Gasteiger partial charge in [-0.05, 0) is 49.9 Å². The van der Waals surface area contributed by atoms with Crippen molar-refractivity contribution in [2.75, 3.05) is 0 Å². The molecule has 14 heteroatoms. The minimum atomic E-state index is -4.68. The van der Waals surface area contributed by atoms with Gasteiger partial charge in [-0.3, -0.25) is 4.79 Å². The number of aromatic nitrogens is 6. The van der Waals surface area contributed by atoms with Gasteiger partial charge in [-0.2, -0.15) is 36.5 Å². The third kappa shape index (κ3) is 5.34. The summed E-state index contributed by atoms with van der Waals surface area (Å²) in [7, 11) is 0. The van der Waals surface area contributed by atoms with Crippen molar-refractivity contribution < 1.29 is 31.1 Å². The van der Waals surface area contributed by atoms with Crippen LogP contribution >= 0.6 is 0 Å². The Morgan fingerprint density at radius 3 is 1.67 bits per heavy atom. The van der Waals surface area contributed by atoms with E-state index in [9.17, 15) is 31.1 Å². The Morgan fingerprint density at radius 1 is 0.733 bits per heavy atom. The fraction of sp³-hybridized carbons (Fsp3) is 0.258. The van der Waals surface area contributed by atoms with Crippen LogP contribution in [0.25, 0.3) is 33.9 Å². The fourth-order valence-corrected chi connectivity index (χ4v) is 5.41. The van der Waals surface area contributed by atoms with E-state index in [1.165, 1.54) is 15.6 Å². The van der Waals surface area contributed by atoms with Gasteiger partial charge in [0.25, 0.3) is 5.91 Å². The van der Waals surface area contributed by atoms with E-state index in [0.717, 1.165) is 25.0 Å². The maximum absolute atomic E-state index is 13.7. The maximum Gasteiger partial charge on any atom is 0.435 e. The topological polar surface area (TPSA) is 105 Å². The van der Waals surface area contributed by atoms with Crippen molar-refractivity contribution >= 4 is 5.91 Å². The predicted molar refractivity (Wildman–Crippen MR) is 150 cm³/mol. The summed E-state index contributed by atoms with van der Waals surface area (Å²) in [5, 5.41) is 7.79. The van der Waals surface area contributed by atoms with Crippen molar-refractivity contribution in [3.63, 3.8) is 0 Å². The molecule has 2 aromatic carbocycles. The first-order valence-corrected chi connectivity index (χ1v) is 14.1. The average Bonchev–Trinajstić information content (AvgIpc) is 3.94. The highest BCUT2D eigenvalue weighted by Crippen LogP contribution is 2.45. The number of carbonyl (C=O) groups excluding carboxylic acids is 1. The van der Waals surface area contributed by atoms with Gasteiger partial charge >= 0.3 is 12.4 Å². The number of para-hydroxylation sites is 2. The van der Waals surface area contributed by atoms with Gasteiger partial charge in [0.05, 0.1) is 23.3 Å². The van der Waals surface area contributed by atoms with Crippen LogP contribution in [0.1, 0.15) is 70.8 Å². The number of nitrogens with zero attached hydrogens (tertiary/aromatic N) is 6. The third-order valence-electron chi connectivity index (χ3n) is 7.85. The first-order chi connectivity index (χ1) is 21.4. The molecule has 7 rings (SSSR count). The number of halogens is 6. The highest BCUT2D eigenvalue weighted by molar-refractivity contribution is 5.98. The summed E-state index contributed by atoms with van der Waals surface area (Å²) in [4.78, 5) is 21.5. The second-order valence-electron chi connectivity index (χ2n) is 11.1. The lowest BCUT2D eigenvalue weighted by atomic mass is 10.0. The summed E-state index contributed by atoms with van der Waals surface area (Å²) in [6, 6.07) is 15.0. The van der Waals surface area contributed by atoms with E-state index in [1.807, 2.05) is 0 Å². The highest BCUT2D eigenvalue weighted by atomic mass is 19.4. The van der Waals surface area contributed by atoms with Gasteiger partial charge in [-0.25, -0.2) is 19.3 Å². The minimum absolute atomic E-state index is 0.0185. The Bertz CT molecular complexity index is 1950. The monoisotopic (exact) mass is 623 g/mol. The summed E-state index contributed by atoms with van der Waals surface area (Å²) in [5.74, 6) is -1.12. The van der Waals surface area contributed by atoms with Gasteiger partial charge in [-0.15, -0.1) is 0 Å². The predicted octanol–water partition coefficient (Wildman–Crippen LogP) is 7.07. The van der Waals surface area contributed by atoms with E-state index in [-0.39, 0.29) is 40.2 Å². The quantitative estimate of drug-likeness (QED) is 0.195. The molecule has 0 saturated heterocycles. The summed E-state index contributed by atoms with van der Waals surface area (Å²) in [6.07, 6.45) is -5.19. The standard InChI is InChI=1S/C31H23F6N7O/c32-30(33,34)25-13-23(16-9-10-16)43(41-25)21-7-3-1-5-18(21)20-15-39-28(29(38)45)27(40-20)19-6-2-4-8-22(19)44-24(17-11-12-17)14-26(42-44)31(35,36)37/h1-8,13-17H,9-12H2,(H2,38,45). The van der Waals surface area contributed by atoms with E-state index in [1.54, 1.807) is 48.5 Å². The number of carbonyl (C=O) groups is 1. The Labute approximate surface area is 251 Å². The van der Waals surface area contributed by atoms with Crippen LogP contribution in [0.4, 0.5) is 26.3 Å². The first-order valence-electron chi connectivity index (χ1n) is 14.1. The second-order valence-corrected chi connectivity index (χ2v) is 11.1. The molecule has 5 aromatic rings. The lowest BCUT2D eigenvalue weighted by molar-refractivity contribution is -0.142. The summed E-state index contributed by atoms with van der Waals surface area (Å²) in [5.41, 5.74) is 5.47. The van der Waals surface area contributed by atoms with Gasteiger partial charge in [0.1, 0.15) is 5.69 Å². The van der Waals surface area contributed by atoms with Gasteiger partial charge in [0.2, 0.25) is 0 Å². The van der Waals surface area contributed by atoms with E-state index in [2.05, 4.69) is 15.2 Å². The summed E-state index contributed by atoms with van der Waals surface area (Å²) in [6.45, 7) is 0. The molecule has 0 atom stereocenters. The molecule has 8 nitrogen and oxygen atoms in total. The molecule has 3 heterocycles. The van der Waals surface area contributed by atoms with Crippen molar-refractivity contribution in [2.24, 2.45) is 5.73 Å². The van der Waals surface area contributed by atoms with Crippen LogP contribution in [0.2, 0.25) is 0 Å². The van der Waals surface area contributed by atoms with Gasteiger partial charge in [0.15, 0.2) is 17.1 Å². The molecule has 0 aliphatic heterocycles. The molecule has 2 aliphatic rings. The summed E-state index contributed by atoms with van der Waals surface area (Å²) < 4.78 is 84.7. The van der Waals surface area contributed by atoms with Crippen molar-refractivity contribution in [3.05, 3.63) is 95.3 Å². The molecule has 2 N–H and O–H groups in total. The smallest absolute Gasteiger partial charge is 0.364 e. The van der Waals surface area contributed by atoms with E-state index >= 15 is 0 Å². The number of hydrogen-bond acceptors (Lipinski definition) is 5. The largest absolute Gasteiger partial charge is 0.435 e. The molecule has 0 radical (unpaired) electrons. The lowest BCUT2D eigenvalue weighted by Gasteiger charge is -2.16. The Hall–Kier alpha value is -5.01. The third-order valence-corrected chi connectivity index (χ3v) is 7.85. The molecule has 45 heavy (non-hydrogen) atoms. The highest BCUT2D eigenvalue weighted by Gasteiger charge is 2.40. The maximum atomic E-state index is 13.7. The normalized spacial score (nSPS) is 15.4. The van der Waals surface area contributed by atoms with Crippen molar-refractivity contribution in [2.45, 2.75) is 49.9 Å². The first kappa shape index (κ1) is 28.7. The van der Waals surface area contributed by atoms with Crippen LogP contribution in [-0.4, -0.2) is 35.4 Å². The molecule has 2 aliphatic carbocycles. The minimum Gasteiger partial charge on any atom is -0.364 e. The Balaban J connectivity index is 1.40. The average molecular weight is 624 g/mol. The summed E-state index contributed by atoms with van der Waals surface area (Å²) >= 11 is 0. The number of amides is 1. The SMILES string of the molecule is NC(=O)c1ncc(-c2ccccc2-n2nc(C(F)(F)F)cc2C2CC2)nc1-c1ccccc1-n1nc(C(F)(F)F)cc1C1CC1. The number of hydrogen-bond donors (Lipinski definition) is 1. The van der Waals surface area contributed by atoms with Gasteiger partial charge in [-0.1, -0.05) is 36.4 Å². The number of rotatable bonds is 7. The zero-order chi connectivity index (χ0) is 31.7. The molecule has 1 amide bonds. The van der Waals surface area contributed by atoms with Crippen LogP contribution in [0.15, 0.2) is 66.9 Å². The molecule has 0 spiro atoms. The zero-order valence-corrected chi connectivity index (χ0v) is 23.3. The van der Waals surface area contributed by atoms with Crippen LogP contribution < -0.4 is 5.73 Å². The van der Waals surface area contributed by atoms with Gasteiger partial charge in [0, 0.05) is 34.4 Å². The van der Waals surface area contributed by atoms with E-state index in [4.69, 9.17) is 10.7 Å². The number of primary amides is 1. The molecule has 0 bridgehead atoms. The van der Waals surface area contributed by atoms with Crippen molar-refractivity contribution in [1.82, 2.24) is 29.5 Å². The molecule has 2 saturated carbocycles. The number of nitrogens with two attached hydrogens (primary N) is 1. The van der Waals surface area contributed by atoms with Gasteiger partial charge < -0.3 is 5.73 Å². The van der Waals surface area contributed by atoms with Crippen molar-refractivity contribution in [3.8, 4) is 33.9 Å². The molecular formula is C31H23F6N7O. The van der Waals surface area contributed by atoms with Crippen molar-refractivity contribution in [1.29, 1.82) is 0 Å². The molecular weight excluding hydrogens is 600 g/mol. The van der Waals surface area contributed by atoms with Crippen LogP contribution in [0.5, 0.6) is 0 Å². The molecule has 2 fully saturated rings. The molecule has 3 aromatic heterocycles. The number of benzene rings is 2. The Kier molecular flexibility index (Phi) is 6.57. The Morgan fingerprint density at radius 2 is 1.20 bits per heavy atom. The van der Waals surface area contributed by atoms with Crippen LogP contribution in [0, 0.1) is 0 Å². The molecule has 230 valence electrons. The van der Waals surface area contributed by atoms with Crippen LogP contribution in [0.3, 0.4) is 0 Å². The fourth-order valence-electron chi connectivity index (χ4n) is 5.41. The van der Waals surface area contributed by atoms with E-state index < -0.39 is 29.6 Å². The second kappa shape index (κ2) is 10.3.